The number of rotatable bonds is 3. The van der Waals surface area contributed by atoms with Gasteiger partial charge in [-0.3, -0.25) is 4.79 Å². The Labute approximate surface area is 123 Å². The van der Waals surface area contributed by atoms with Gasteiger partial charge in [-0.2, -0.15) is 0 Å². The molecule has 21 heavy (non-hydrogen) atoms. The van der Waals surface area contributed by atoms with Crippen LogP contribution in [0.1, 0.15) is 55.9 Å². The lowest BCUT2D eigenvalue weighted by molar-refractivity contribution is -0.0688. The first-order chi connectivity index (χ1) is 10.1. The molecular weight excluding hydrogens is 268 g/mol. The van der Waals surface area contributed by atoms with Gasteiger partial charge in [0.15, 0.2) is 0 Å². The van der Waals surface area contributed by atoms with E-state index in [-0.39, 0.29) is 28.9 Å². The Morgan fingerprint density at radius 1 is 1.24 bits per heavy atom. The summed E-state index contributed by atoms with van der Waals surface area (Å²) < 4.78 is 4.51. The van der Waals surface area contributed by atoms with Crippen LogP contribution in [0.5, 0.6) is 0 Å². The number of nitrogen functional groups attached to an aromatic ring is 1. The Morgan fingerprint density at radius 3 is 2.29 bits per heavy atom. The van der Waals surface area contributed by atoms with Gasteiger partial charge in [0.25, 0.3) is 5.91 Å². The predicted octanol–water partition coefficient (Wildman–Crippen LogP) is 1.99. The summed E-state index contributed by atoms with van der Waals surface area (Å²) in [5, 5.41) is 10.2. The van der Waals surface area contributed by atoms with E-state index < -0.39 is 0 Å². The lowest BCUT2D eigenvalue weighted by atomic mass is 9.48. The van der Waals surface area contributed by atoms with Crippen molar-refractivity contribution in [1.82, 2.24) is 15.6 Å². The van der Waals surface area contributed by atoms with Crippen LogP contribution in [0, 0.1) is 23.2 Å². The van der Waals surface area contributed by atoms with E-state index >= 15 is 0 Å². The number of hydrogen-bond donors (Lipinski definition) is 2. The van der Waals surface area contributed by atoms with Crippen LogP contribution < -0.4 is 11.1 Å². The number of carbonyl (C=O) groups excluding carboxylic acids is 1. The average molecular weight is 290 g/mol. The maximum atomic E-state index is 12.3. The van der Waals surface area contributed by atoms with Crippen molar-refractivity contribution in [2.24, 2.45) is 23.2 Å². The van der Waals surface area contributed by atoms with Crippen molar-refractivity contribution in [3.05, 3.63) is 5.69 Å². The number of nitrogens with two attached hydrogens (primary N) is 1. The minimum absolute atomic E-state index is 0.0604. The van der Waals surface area contributed by atoms with Gasteiger partial charge >= 0.3 is 0 Å². The number of hydrogen-bond acceptors (Lipinski definition) is 5. The van der Waals surface area contributed by atoms with Gasteiger partial charge < -0.3 is 11.1 Å². The molecule has 0 spiro atoms. The van der Waals surface area contributed by atoms with Gasteiger partial charge in [-0.1, -0.05) is 0 Å². The summed E-state index contributed by atoms with van der Waals surface area (Å²) in [6.07, 6.45) is 7.98. The molecule has 4 aliphatic rings. The van der Waals surface area contributed by atoms with Gasteiger partial charge in [0.2, 0.25) is 11.5 Å². The van der Waals surface area contributed by atoms with Crippen molar-refractivity contribution < 1.29 is 9.42 Å². The van der Waals surface area contributed by atoms with Gasteiger partial charge in [0, 0.05) is 6.04 Å². The molecule has 114 valence electrons. The van der Waals surface area contributed by atoms with E-state index in [1.807, 2.05) is 0 Å². The summed E-state index contributed by atoms with van der Waals surface area (Å²) in [5.41, 5.74) is 5.97. The molecule has 0 aliphatic heterocycles. The fourth-order valence-corrected chi connectivity index (χ4v) is 5.48. The molecule has 3 N–H and O–H groups in total. The minimum Gasteiger partial charge on any atom is -0.379 e. The Hall–Kier alpha value is -1.59. The first-order valence-electron chi connectivity index (χ1n) is 7.94. The number of nitrogens with one attached hydrogen (secondary N) is 1. The smallest absolute Gasteiger partial charge is 0.277 e. The quantitative estimate of drug-likeness (QED) is 0.887. The summed E-state index contributed by atoms with van der Waals surface area (Å²) in [6.45, 7) is 2.13. The molecular formula is C15H22N4O2. The maximum absolute atomic E-state index is 12.3. The fourth-order valence-electron chi connectivity index (χ4n) is 5.48. The number of amides is 1. The predicted molar refractivity (Wildman–Crippen MR) is 76.2 cm³/mol. The largest absolute Gasteiger partial charge is 0.379 e. The minimum atomic E-state index is -0.267. The van der Waals surface area contributed by atoms with Crippen LogP contribution in [-0.4, -0.2) is 22.3 Å². The molecule has 0 radical (unpaired) electrons. The molecule has 1 unspecified atom stereocenters. The van der Waals surface area contributed by atoms with E-state index in [4.69, 9.17) is 5.73 Å². The van der Waals surface area contributed by atoms with E-state index in [1.165, 1.54) is 38.5 Å². The first-order valence-corrected chi connectivity index (χ1v) is 7.94. The molecule has 6 heteroatoms. The normalized spacial score (nSPS) is 38.4. The molecule has 4 saturated carbocycles. The van der Waals surface area contributed by atoms with Crippen molar-refractivity contribution >= 4 is 11.7 Å². The van der Waals surface area contributed by atoms with Crippen molar-refractivity contribution in [2.75, 3.05) is 5.73 Å². The molecule has 4 bridgehead atoms. The second-order valence-electron chi connectivity index (χ2n) is 7.47. The van der Waals surface area contributed by atoms with Crippen LogP contribution in [0.15, 0.2) is 4.63 Å². The Morgan fingerprint density at radius 2 is 1.81 bits per heavy atom. The van der Waals surface area contributed by atoms with Crippen LogP contribution >= 0.6 is 0 Å². The lowest BCUT2D eigenvalue weighted by Crippen LogP contribution is -2.55. The van der Waals surface area contributed by atoms with Crippen LogP contribution in [-0.2, 0) is 0 Å². The van der Waals surface area contributed by atoms with Gasteiger partial charge in [0.1, 0.15) is 0 Å². The molecule has 0 saturated heterocycles. The lowest BCUT2D eigenvalue weighted by Gasteiger charge is -2.59. The highest BCUT2D eigenvalue weighted by molar-refractivity contribution is 5.96. The fraction of sp³-hybridized carbons (Fsp3) is 0.800. The molecule has 1 aromatic rings. The Kier molecular flexibility index (Phi) is 2.78. The van der Waals surface area contributed by atoms with E-state index in [1.54, 1.807) is 0 Å². The molecule has 1 heterocycles. The van der Waals surface area contributed by atoms with Crippen LogP contribution in [0.2, 0.25) is 0 Å². The molecule has 5 rings (SSSR count). The van der Waals surface area contributed by atoms with E-state index in [9.17, 15) is 4.79 Å². The summed E-state index contributed by atoms with van der Waals surface area (Å²) in [5.74, 6) is 2.40. The third kappa shape index (κ3) is 2.03. The van der Waals surface area contributed by atoms with Gasteiger partial charge in [-0.15, -0.1) is 0 Å². The zero-order valence-corrected chi connectivity index (χ0v) is 12.3. The van der Waals surface area contributed by atoms with E-state index in [0.29, 0.717) is 0 Å². The van der Waals surface area contributed by atoms with E-state index in [0.717, 1.165) is 17.8 Å². The van der Waals surface area contributed by atoms with Crippen molar-refractivity contribution in [2.45, 2.75) is 51.5 Å². The maximum Gasteiger partial charge on any atom is 0.277 e. The molecule has 4 aliphatic carbocycles. The highest BCUT2D eigenvalue weighted by Gasteiger charge is 2.53. The van der Waals surface area contributed by atoms with Crippen molar-refractivity contribution in [1.29, 1.82) is 0 Å². The zero-order chi connectivity index (χ0) is 14.6. The molecule has 1 aromatic heterocycles. The van der Waals surface area contributed by atoms with Gasteiger partial charge in [-0.25, -0.2) is 4.63 Å². The van der Waals surface area contributed by atoms with Crippen LogP contribution in [0.3, 0.4) is 0 Å². The zero-order valence-electron chi connectivity index (χ0n) is 12.3. The molecule has 0 aromatic carbocycles. The van der Waals surface area contributed by atoms with Crippen LogP contribution in [0.4, 0.5) is 5.82 Å². The number of anilines is 1. The average Bonchev–Trinajstić information content (AvgIpc) is 2.83. The highest BCUT2D eigenvalue weighted by Crippen LogP contribution is 2.61. The van der Waals surface area contributed by atoms with Gasteiger partial charge in [0.05, 0.1) is 0 Å². The Bertz CT molecular complexity index is 532. The number of nitrogens with zero attached hydrogens (tertiary/aromatic N) is 2. The van der Waals surface area contributed by atoms with Crippen molar-refractivity contribution in [3.63, 3.8) is 0 Å². The standard InChI is InChI=1S/C15H22N4O2/c1-8(17-14(20)12-13(16)19-21-18-12)15-5-9-2-10(6-15)4-11(3-9)7-15/h8-11H,2-7H2,1H3,(H2,16,19)(H,17,20). The highest BCUT2D eigenvalue weighted by atomic mass is 16.6. The summed E-state index contributed by atoms with van der Waals surface area (Å²) in [6, 6.07) is 0.148. The molecule has 4 fully saturated rings. The second kappa shape index (κ2) is 4.45. The summed E-state index contributed by atoms with van der Waals surface area (Å²) in [7, 11) is 0. The second-order valence-corrected chi connectivity index (χ2v) is 7.47. The first kappa shape index (κ1) is 13.1. The number of aromatic nitrogens is 2. The topological polar surface area (TPSA) is 94.0 Å². The monoisotopic (exact) mass is 290 g/mol. The SMILES string of the molecule is CC(NC(=O)c1nonc1N)C12CC3CC(CC(C3)C1)C2. The molecule has 1 amide bonds. The summed E-state index contributed by atoms with van der Waals surface area (Å²) >= 11 is 0. The number of carbonyl (C=O) groups is 1. The Balaban J connectivity index is 1.51. The molecule has 1 atom stereocenters. The third-order valence-corrected chi connectivity index (χ3v) is 6.08. The summed E-state index contributed by atoms with van der Waals surface area (Å²) in [4.78, 5) is 12.3. The van der Waals surface area contributed by atoms with E-state index in [2.05, 4.69) is 27.2 Å². The van der Waals surface area contributed by atoms with Gasteiger partial charge in [-0.05, 0) is 78.9 Å². The third-order valence-electron chi connectivity index (χ3n) is 6.08. The van der Waals surface area contributed by atoms with Crippen molar-refractivity contribution in [3.8, 4) is 0 Å². The van der Waals surface area contributed by atoms with Crippen LogP contribution in [0.25, 0.3) is 0 Å². The molecule has 6 nitrogen and oxygen atoms in total.